The minimum atomic E-state index is -1.55. The predicted molar refractivity (Wildman–Crippen MR) is 143 cm³/mol. The van der Waals surface area contributed by atoms with Gasteiger partial charge in [0.25, 0.3) is 0 Å². The molecule has 3 rings (SSSR count). The summed E-state index contributed by atoms with van der Waals surface area (Å²) in [5.74, 6) is -1.82. The summed E-state index contributed by atoms with van der Waals surface area (Å²) in [7, 11) is 0. The zero-order chi connectivity index (χ0) is 26.6. The molecule has 1 spiro atoms. The first-order chi connectivity index (χ1) is 18.1. The van der Waals surface area contributed by atoms with Crippen molar-refractivity contribution in [1.29, 1.82) is 0 Å². The SMILES string of the molecule is C=CCCCOC1(c2ccccc2)O[C@H](O)C2(O1)C(COCCCC)[C@@H](OCCCC)C2OCCCC. The van der Waals surface area contributed by atoms with Crippen LogP contribution in [0, 0.1) is 5.92 Å². The fourth-order valence-electron chi connectivity index (χ4n) is 5.00. The van der Waals surface area contributed by atoms with E-state index in [9.17, 15) is 5.11 Å². The highest BCUT2D eigenvalue weighted by Crippen LogP contribution is 2.57. The van der Waals surface area contributed by atoms with E-state index in [1.165, 1.54) is 0 Å². The Morgan fingerprint density at radius 1 is 0.919 bits per heavy atom. The third-order valence-corrected chi connectivity index (χ3v) is 7.20. The molecule has 7 nitrogen and oxygen atoms in total. The van der Waals surface area contributed by atoms with Crippen molar-refractivity contribution in [3.05, 3.63) is 48.6 Å². The van der Waals surface area contributed by atoms with Crippen LogP contribution in [-0.4, -0.2) is 62.2 Å². The monoisotopic (exact) mass is 520 g/mol. The van der Waals surface area contributed by atoms with Gasteiger partial charge in [-0.1, -0.05) is 76.4 Å². The lowest BCUT2D eigenvalue weighted by molar-refractivity contribution is -0.394. The number of ether oxygens (including phenoxy) is 6. The van der Waals surface area contributed by atoms with Crippen LogP contribution in [0.2, 0.25) is 0 Å². The second-order valence-electron chi connectivity index (χ2n) is 10.00. The van der Waals surface area contributed by atoms with Crippen LogP contribution < -0.4 is 0 Å². The number of aliphatic hydroxyl groups excluding tert-OH is 1. The third kappa shape index (κ3) is 7.01. The molecule has 1 saturated heterocycles. The van der Waals surface area contributed by atoms with E-state index < -0.39 is 24.0 Å². The van der Waals surface area contributed by atoms with Gasteiger partial charge in [-0.25, -0.2) is 0 Å². The van der Waals surface area contributed by atoms with E-state index in [1.807, 2.05) is 36.4 Å². The van der Waals surface area contributed by atoms with Gasteiger partial charge in [-0.05, 0) is 32.1 Å². The number of benzene rings is 1. The summed E-state index contributed by atoms with van der Waals surface area (Å²) < 4.78 is 38.1. The van der Waals surface area contributed by atoms with Crippen molar-refractivity contribution in [2.24, 2.45) is 5.92 Å². The maximum absolute atomic E-state index is 11.6. The highest BCUT2D eigenvalue weighted by molar-refractivity contribution is 5.24. The molecule has 7 heteroatoms. The summed E-state index contributed by atoms with van der Waals surface area (Å²) in [6.07, 6.45) is 7.30. The highest BCUT2D eigenvalue weighted by atomic mass is 16.9. The van der Waals surface area contributed by atoms with Crippen molar-refractivity contribution in [3.63, 3.8) is 0 Å². The molecule has 6 atom stereocenters. The molecule has 1 aromatic carbocycles. The zero-order valence-corrected chi connectivity index (χ0v) is 23.1. The van der Waals surface area contributed by atoms with E-state index in [1.54, 1.807) is 0 Å². The van der Waals surface area contributed by atoms with Gasteiger partial charge >= 0.3 is 5.97 Å². The van der Waals surface area contributed by atoms with E-state index in [0.29, 0.717) is 38.6 Å². The van der Waals surface area contributed by atoms with Crippen LogP contribution in [-0.2, 0) is 34.4 Å². The van der Waals surface area contributed by atoms with Crippen molar-refractivity contribution < 1.29 is 33.5 Å². The zero-order valence-electron chi connectivity index (χ0n) is 23.1. The minimum absolute atomic E-state index is 0.268. The number of rotatable bonds is 19. The van der Waals surface area contributed by atoms with Crippen molar-refractivity contribution in [1.82, 2.24) is 0 Å². The number of unbranched alkanes of at least 4 members (excludes halogenated alkanes) is 4. The van der Waals surface area contributed by atoms with E-state index in [4.69, 9.17) is 28.4 Å². The number of aliphatic hydroxyl groups is 1. The summed E-state index contributed by atoms with van der Waals surface area (Å²) in [4.78, 5) is 0. The van der Waals surface area contributed by atoms with Crippen molar-refractivity contribution >= 4 is 0 Å². The fraction of sp³-hybridized carbons (Fsp3) is 0.733. The van der Waals surface area contributed by atoms with Gasteiger partial charge in [0.1, 0.15) is 6.10 Å². The van der Waals surface area contributed by atoms with Gasteiger partial charge < -0.3 is 28.8 Å². The number of hydrogen-bond acceptors (Lipinski definition) is 7. The Morgan fingerprint density at radius 3 is 2.27 bits per heavy atom. The van der Waals surface area contributed by atoms with Crippen LogP contribution in [0.1, 0.15) is 77.7 Å². The molecule has 1 N–H and O–H groups in total. The molecular weight excluding hydrogens is 472 g/mol. The average molecular weight is 521 g/mol. The number of hydrogen-bond donors (Lipinski definition) is 1. The molecule has 1 saturated carbocycles. The van der Waals surface area contributed by atoms with Gasteiger partial charge in [-0.3, -0.25) is 4.74 Å². The number of allylic oxidation sites excluding steroid dienone is 1. The third-order valence-electron chi connectivity index (χ3n) is 7.20. The van der Waals surface area contributed by atoms with E-state index in [0.717, 1.165) is 51.4 Å². The average Bonchev–Trinajstić information content (AvgIpc) is 3.24. The first kappa shape index (κ1) is 30.2. The largest absolute Gasteiger partial charge is 0.381 e. The molecule has 1 aliphatic heterocycles. The van der Waals surface area contributed by atoms with E-state index in [-0.39, 0.29) is 12.0 Å². The van der Waals surface area contributed by atoms with Gasteiger partial charge in [0.05, 0.1) is 19.3 Å². The van der Waals surface area contributed by atoms with Crippen LogP contribution in [0.25, 0.3) is 0 Å². The predicted octanol–water partition coefficient (Wildman–Crippen LogP) is 5.70. The molecule has 4 unspecified atom stereocenters. The quantitative estimate of drug-likeness (QED) is 0.185. The molecular formula is C30H48O7. The summed E-state index contributed by atoms with van der Waals surface area (Å²) in [5, 5.41) is 11.6. The van der Waals surface area contributed by atoms with Crippen LogP contribution in [0.3, 0.4) is 0 Å². The second kappa shape index (κ2) is 15.3. The Balaban J connectivity index is 1.92. The Kier molecular flexibility index (Phi) is 12.5. The molecule has 1 aromatic rings. The van der Waals surface area contributed by atoms with Crippen LogP contribution >= 0.6 is 0 Å². The molecule has 0 radical (unpaired) electrons. The minimum Gasteiger partial charge on any atom is -0.381 e. The van der Waals surface area contributed by atoms with Gasteiger partial charge in [0, 0.05) is 31.3 Å². The van der Waals surface area contributed by atoms with E-state index in [2.05, 4.69) is 27.4 Å². The maximum Gasteiger partial charge on any atom is 0.315 e. The fourth-order valence-corrected chi connectivity index (χ4v) is 5.00. The van der Waals surface area contributed by atoms with Gasteiger partial charge in [-0.15, -0.1) is 6.58 Å². The van der Waals surface area contributed by atoms with Crippen LogP contribution in [0.4, 0.5) is 0 Å². The van der Waals surface area contributed by atoms with E-state index >= 15 is 0 Å². The van der Waals surface area contributed by atoms with Gasteiger partial charge in [0.15, 0.2) is 11.9 Å². The standard InChI is InChI=1S/C30H48O7/c1-5-9-16-22-35-30(24-17-14-13-15-18-24)36-28(31)29(37-30)25(23-32-19-10-6-2)26(33-20-11-7-3)27(29)34-21-12-8-4/h5,13-15,17-18,25-28,31H,1,6-12,16,19-23H2,2-4H3/t25?,26-,27?,28+,29?,30?/m1/s1. The van der Waals surface area contributed by atoms with Crippen molar-refractivity contribution in [2.45, 2.75) is 102 Å². The Morgan fingerprint density at radius 2 is 1.59 bits per heavy atom. The molecule has 1 aliphatic carbocycles. The topological polar surface area (TPSA) is 75.6 Å². The molecule has 2 fully saturated rings. The highest BCUT2D eigenvalue weighted by Gasteiger charge is 2.76. The molecule has 2 aliphatic rings. The van der Waals surface area contributed by atoms with Gasteiger partial charge in [0.2, 0.25) is 0 Å². The van der Waals surface area contributed by atoms with Crippen LogP contribution in [0.15, 0.2) is 43.0 Å². The molecule has 0 aromatic heterocycles. The Hall–Kier alpha value is -1.32. The Bertz CT molecular complexity index is 774. The summed E-state index contributed by atoms with van der Waals surface area (Å²) in [6.45, 7) is 12.8. The molecule has 1 heterocycles. The summed E-state index contributed by atoms with van der Waals surface area (Å²) in [6, 6.07) is 9.54. The lowest BCUT2D eigenvalue weighted by Crippen LogP contribution is -2.76. The first-order valence-corrected chi connectivity index (χ1v) is 14.3. The van der Waals surface area contributed by atoms with Crippen molar-refractivity contribution in [3.8, 4) is 0 Å². The molecule has 0 bridgehead atoms. The smallest absolute Gasteiger partial charge is 0.315 e. The lowest BCUT2D eigenvalue weighted by Gasteiger charge is -2.57. The lowest BCUT2D eigenvalue weighted by atomic mass is 9.63. The van der Waals surface area contributed by atoms with Gasteiger partial charge in [-0.2, -0.15) is 0 Å². The van der Waals surface area contributed by atoms with Crippen LogP contribution in [0.5, 0.6) is 0 Å². The molecule has 37 heavy (non-hydrogen) atoms. The summed E-state index contributed by atoms with van der Waals surface area (Å²) in [5.41, 5.74) is -0.483. The normalized spacial score (nSPS) is 31.0. The maximum atomic E-state index is 11.6. The summed E-state index contributed by atoms with van der Waals surface area (Å²) >= 11 is 0. The first-order valence-electron chi connectivity index (χ1n) is 14.3. The van der Waals surface area contributed by atoms with Crippen molar-refractivity contribution in [2.75, 3.05) is 33.0 Å². The second-order valence-corrected chi connectivity index (χ2v) is 10.00. The molecule has 0 amide bonds. The Labute approximate surface area is 223 Å². The molecule has 210 valence electrons.